The van der Waals surface area contributed by atoms with Gasteiger partial charge in [0.15, 0.2) is 17.3 Å². The number of hydrogen-bond donors (Lipinski definition) is 0. The van der Waals surface area contributed by atoms with E-state index in [0.29, 0.717) is 35.3 Å². The Hall–Kier alpha value is -1.55. The minimum absolute atomic E-state index is 0.00806. The second-order valence-electron chi connectivity index (χ2n) is 5.01. The summed E-state index contributed by atoms with van der Waals surface area (Å²) in [4.78, 5) is 23.4. The second kappa shape index (κ2) is 6.27. The van der Waals surface area contributed by atoms with Gasteiger partial charge in [0.25, 0.3) is 0 Å². The maximum absolute atomic E-state index is 12.3. The van der Waals surface area contributed by atoms with Gasteiger partial charge >= 0.3 is 0 Å². The first-order valence-corrected chi connectivity index (χ1v) is 6.99. The molecule has 108 valence electrons. The highest BCUT2D eigenvalue weighted by molar-refractivity contribution is 6.32. The van der Waals surface area contributed by atoms with Gasteiger partial charge in [0, 0.05) is 24.3 Å². The molecule has 5 heteroatoms. The largest absolute Gasteiger partial charge is 0.489 e. The Morgan fingerprint density at radius 2 is 2.00 bits per heavy atom. The Kier molecular flexibility index (Phi) is 4.65. The van der Waals surface area contributed by atoms with Crippen molar-refractivity contribution >= 4 is 23.2 Å². The Morgan fingerprint density at radius 3 is 2.70 bits per heavy atom. The summed E-state index contributed by atoms with van der Waals surface area (Å²) in [5.74, 6) is 0.491. The SMILES string of the molecule is CC(=O)CC(C)C(=O)c1cc(Cl)c2c(c1)OCCCO2. The third kappa shape index (κ3) is 3.31. The molecule has 4 nitrogen and oxygen atoms in total. The van der Waals surface area contributed by atoms with Crippen LogP contribution < -0.4 is 9.47 Å². The Bertz CT molecular complexity index is 539. The molecule has 20 heavy (non-hydrogen) atoms. The van der Waals surface area contributed by atoms with Gasteiger partial charge in [0.1, 0.15) is 5.78 Å². The van der Waals surface area contributed by atoms with E-state index in [-0.39, 0.29) is 23.9 Å². The van der Waals surface area contributed by atoms with E-state index < -0.39 is 0 Å². The van der Waals surface area contributed by atoms with Gasteiger partial charge in [-0.25, -0.2) is 0 Å². The van der Waals surface area contributed by atoms with Crippen molar-refractivity contribution in [2.75, 3.05) is 13.2 Å². The normalized spacial score (nSPS) is 15.3. The topological polar surface area (TPSA) is 52.6 Å². The first-order valence-electron chi connectivity index (χ1n) is 6.62. The molecule has 1 heterocycles. The van der Waals surface area contributed by atoms with Crippen LogP contribution >= 0.6 is 11.6 Å². The van der Waals surface area contributed by atoms with Crippen molar-refractivity contribution in [3.05, 3.63) is 22.7 Å². The molecule has 1 atom stereocenters. The van der Waals surface area contributed by atoms with Crippen LogP contribution in [0.15, 0.2) is 12.1 Å². The first kappa shape index (κ1) is 14.9. The molecule has 0 saturated heterocycles. The van der Waals surface area contributed by atoms with Crippen molar-refractivity contribution in [1.29, 1.82) is 0 Å². The van der Waals surface area contributed by atoms with Crippen LogP contribution in [-0.4, -0.2) is 24.8 Å². The zero-order chi connectivity index (χ0) is 14.7. The number of ether oxygens (including phenoxy) is 2. The number of hydrogen-bond acceptors (Lipinski definition) is 4. The van der Waals surface area contributed by atoms with Gasteiger partial charge in [-0.1, -0.05) is 18.5 Å². The van der Waals surface area contributed by atoms with Crippen molar-refractivity contribution in [2.45, 2.75) is 26.7 Å². The number of rotatable bonds is 4. The van der Waals surface area contributed by atoms with Gasteiger partial charge in [-0.15, -0.1) is 0 Å². The minimum atomic E-state index is -0.367. The second-order valence-corrected chi connectivity index (χ2v) is 5.41. The molecule has 1 aromatic carbocycles. The summed E-state index contributed by atoms with van der Waals surface area (Å²) in [5, 5.41) is 0.364. The zero-order valence-corrected chi connectivity index (χ0v) is 12.3. The van der Waals surface area contributed by atoms with E-state index in [1.807, 2.05) is 0 Å². The average Bonchev–Trinajstić information content (AvgIpc) is 2.62. The number of ketones is 2. The van der Waals surface area contributed by atoms with Crippen molar-refractivity contribution in [3.63, 3.8) is 0 Å². The van der Waals surface area contributed by atoms with Crippen LogP contribution in [0.2, 0.25) is 5.02 Å². The zero-order valence-electron chi connectivity index (χ0n) is 11.6. The molecule has 0 bridgehead atoms. The summed E-state index contributed by atoms with van der Waals surface area (Å²) >= 11 is 6.15. The Balaban J connectivity index is 2.29. The lowest BCUT2D eigenvalue weighted by Crippen LogP contribution is -2.14. The molecule has 0 aromatic heterocycles. The maximum Gasteiger partial charge on any atom is 0.179 e. The fraction of sp³-hybridized carbons (Fsp3) is 0.467. The third-order valence-corrected chi connectivity index (χ3v) is 3.41. The fourth-order valence-corrected chi connectivity index (χ4v) is 2.45. The number of halogens is 1. The van der Waals surface area contributed by atoms with E-state index >= 15 is 0 Å². The van der Waals surface area contributed by atoms with Crippen molar-refractivity contribution in [2.24, 2.45) is 5.92 Å². The predicted molar refractivity (Wildman–Crippen MR) is 75.9 cm³/mol. The summed E-state index contributed by atoms with van der Waals surface area (Å²) in [6.45, 7) is 4.29. The van der Waals surface area contributed by atoms with Gasteiger partial charge in [0.2, 0.25) is 0 Å². The standard InChI is InChI=1S/C15H17ClO4/c1-9(6-10(2)17)14(18)11-7-12(16)15-13(8-11)19-4-3-5-20-15/h7-9H,3-6H2,1-2H3. The van der Waals surface area contributed by atoms with Crippen LogP contribution in [0, 0.1) is 5.92 Å². The maximum atomic E-state index is 12.3. The molecule has 1 aromatic rings. The lowest BCUT2D eigenvalue weighted by atomic mass is 9.95. The van der Waals surface area contributed by atoms with Crippen LogP contribution in [0.3, 0.4) is 0 Å². The van der Waals surface area contributed by atoms with Crippen molar-refractivity contribution < 1.29 is 19.1 Å². The Morgan fingerprint density at radius 1 is 1.30 bits per heavy atom. The van der Waals surface area contributed by atoms with Crippen LogP contribution in [-0.2, 0) is 4.79 Å². The molecular weight excluding hydrogens is 280 g/mol. The van der Waals surface area contributed by atoms with Gasteiger partial charge in [-0.2, -0.15) is 0 Å². The molecule has 1 aliphatic rings. The number of carbonyl (C=O) groups excluding carboxylic acids is 2. The number of benzene rings is 1. The first-order chi connectivity index (χ1) is 9.49. The lowest BCUT2D eigenvalue weighted by molar-refractivity contribution is -0.117. The monoisotopic (exact) mass is 296 g/mol. The molecule has 0 N–H and O–H groups in total. The van der Waals surface area contributed by atoms with E-state index in [2.05, 4.69) is 0 Å². The van der Waals surface area contributed by atoms with Gasteiger partial charge in [-0.05, 0) is 19.1 Å². The van der Waals surface area contributed by atoms with E-state index in [4.69, 9.17) is 21.1 Å². The molecule has 2 rings (SSSR count). The number of carbonyl (C=O) groups is 2. The van der Waals surface area contributed by atoms with Gasteiger partial charge in [0.05, 0.1) is 18.2 Å². The predicted octanol–water partition coefficient (Wildman–Crippen LogP) is 3.30. The minimum Gasteiger partial charge on any atom is -0.489 e. The molecule has 0 fully saturated rings. The van der Waals surface area contributed by atoms with Crippen molar-refractivity contribution in [3.8, 4) is 11.5 Å². The molecule has 0 amide bonds. The van der Waals surface area contributed by atoms with E-state index in [0.717, 1.165) is 6.42 Å². The third-order valence-electron chi connectivity index (χ3n) is 3.13. The highest BCUT2D eigenvalue weighted by atomic mass is 35.5. The quantitative estimate of drug-likeness (QED) is 0.800. The summed E-state index contributed by atoms with van der Waals surface area (Å²) in [6, 6.07) is 3.22. The molecule has 1 aliphatic heterocycles. The highest BCUT2D eigenvalue weighted by Crippen LogP contribution is 2.38. The molecule has 0 aliphatic carbocycles. The molecule has 0 radical (unpaired) electrons. The summed E-state index contributed by atoms with van der Waals surface area (Å²) in [7, 11) is 0. The van der Waals surface area contributed by atoms with Crippen LogP contribution in [0.25, 0.3) is 0 Å². The van der Waals surface area contributed by atoms with Crippen LogP contribution in [0.5, 0.6) is 11.5 Å². The van der Waals surface area contributed by atoms with Crippen LogP contribution in [0.4, 0.5) is 0 Å². The average molecular weight is 297 g/mol. The fourth-order valence-electron chi connectivity index (χ4n) is 2.18. The van der Waals surface area contributed by atoms with Gasteiger partial charge < -0.3 is 14.3 Å². The molecule has 0 saturated carbocycles. The summed E-state index contributed by atoms with van der Waals surface area (Å²) in [5.41, 5.74) is 0.452. The number of Topliss-reactive ketones (excluding diaryl/α,β-unsaturated/α-hetero) is 2. The summed E-state index contributed by atoms with van der Waals surface area (Å²) in [6.07, 6.45) is 1.000. The number of fused-ring (bicyclic) bond motifs is 1. The van der Waals surface area contributed by atoms with Crippen molar-refractivity contribution in [1.82, 2.24) is 0 Å². The lowest BCUT2D eigenvalue weighted by Gasteiger charge is -2.13. The van der Waals surface area contributed by atoms with Crippen LogP contribution in [0.1, 0.15) is 37.0 Å². The van der Waals surface area contributed by atoms with E-state index in [1.54, 1.807) is 19.1 Å². The molecular formula is C15H17ClO4. The van der Waals surface area contributed by atoms with E-state index in [9.17, 15) is 9.59 Å². The summed E-state index contributed by atoms with van der Waals surface area (Å²) < 4.78 is 11.1. The highest BCUT2D eigenvalue weighted by Gasteiger charge is 2.22. The smallest absolute Gasteiger partial charge is 0.179 e. The van der Waals surface area contributed by atoms with E-state index in [1.165, 1.54) is 6.92 Å². The molecule has 1 unspecified atom stereocenters. The van der Waals surface area contributed by atoms with Gasteiger partial charge in [-0.3, -0.25) is 4.79 Å². The Labute approximate surface area is 123 Å². The molecule has 0 spiro atoms.